The molecule has 2 unspecified atom stereocenters. The van der Waals surface area contributed by atoms with Gasteiger partial charge in [-0.3, -0.25) is 9.80 Å². The van der Waals surface area contributed by atoms with E-state index in [9.17, 15) is 8.42 Å². The highest BCUT2D eigenvalue weighted by atomic mass is 35.5. The number of ether oxygens (including phenoxy) is 2. The lowest BCUT2D eigenvalue weighted by atomic mass is 10.0. The maximum absolute atomic E-state index is 12.4. The molecular formula is C20H30ClN5O4S2. The predicted molar refractivity (Wildman–Crippen MR) is 125 cm³/mol. The first-order valence-corrected chi connectivity index (χ1v) is 13.9. The van der Waals surface area contributed by atoms with E-state index in [0.29, 0.717) is 26.3 Å². The third kappa shape index (κ3) is 5.58. The summed E-state index contributed by atoms with van der Waals surface area (Å²) in [6.45, 7) is 4.37. The van der Waals surface area contributed by atoms with Gasteiger partial charge in [0.25, 0.3) is 0 Å². The van der Waals surface area contributed by atoms with Crippen LogP contribution < -0.4 is 0 Å². The van der Waals surface area contributed by atoms with Crippen molar-refractivity contribution in [2.75, 3.05) is 59.3 Å². The van der Waals surface area contributed by atoms with Crippen LogP contribution in [0.5, 0.6) is 0 Å². The Hall–Kier alpha value is -0.920. The Bertz CT molecular complexity index is 966. The molecule has 0 saturated carbocycles. The third-order valence-corrected chi connectivity index (χ3v) is 8.76. The number of hydrogen-bond acceptors (Lipinski definition) is 9. The van der Waals surface area contributed by atoms with Crippen molar-refractivity contribution in [3.05, 3.63) is 23.5 Å². The van der Waals surface area contributed by atoms with Crippen LogP contribution in [0.4, 0.5) is 0 Å². The van der Waals surface area contributed by atoms with E-state index < -0.39 is 10.0 Å². The summed E-state index contributed by atoms with van der Waals surface area (Å²) in [4.78, 5) is 14.6. The fraction of sp³-hybridized carbons (Fsp3) is 0.700. The molecule has 2 aromatic heterocycles. The van der Waals surface area contributed by atoms with E-state index in [1.807, 2.05) is 6.20 Å². The quantitative estimate of drug-likeness (QED) is 0.505. The summed E-state index contributed by atoms with van der Waals surface area (Å²) in [5, 5.41) is 0. The van der Waals surface area contributed by atoms with Crippen LogP contribution in [0.3, 0.4) is 0 Å². The number of morpholine rings is 1. The minimum Gasteiger partial charge on any atom is -0.383 e. The molecule has 0 bridgehead atoms. The van der Waals surface area contributed by atoms with Crippen molar-refractivity contribution in [1.82, 2.24) is 24.1 Å². The third-order valence-electron chi connectivity index (χ3n) is 6.06. The van der Waals surface area contributed by atoms with Gasteiger partial charge in [0, 0.05) is 56.9 Å². The molecule has 2 atom stereocenters. The Kier molecular flexibility index (Phi) is 7.99. The molecule has 2 aliphatic heterocycles. The van der Waals surface area contributed by atoms with Crippen LogP contribution in [-0.2, 0) is 19.5 Å². The molecule has 0 aromatic carbocycles. The van der Waals surface area contributed by atoms with E-state index in [1.54, 1.807) is 29.1 Å². The number of piperidine rings is 1. The second-order valence-electron chi connectivity index (χ2n) is 8.20. The first-order valence-electron chi connectivity index (χ1n) is 10.8. The van der Waals surface area contributed by atoms with Crippen molar-refractivity contribution in [2.45, 2.75) is 30.6 Å². The second-order valence-corrected chi connectivity index (χ2v) is 11.7. The molecular weight excluding hydrogens is 474 g/mol. The summed E-state index contributed by atoms with van der Waals surface area (Å²) in [6.07, 6.45) is 6.29. The average molecular weight is 504 g/mol. The highest BCUT2D eigenvalue weighted by molar-refractivity contribution is 7.88. The lowest BCUT2D eigenvalue weighted by molar-refractivity contribution is -0.0562. The van der Waals surface area contributed by atoms with Crippen LogP contribution in [0.1, 0.15) is 23.9 Å². The van der Waals surface area contributed by atoms with Crippen LogP contribution in [0.25, 0.3) is 10.2 Å². The molecule has 2 saturated heterocycles. The van der Waals surface area contributed by atoms with E-state index in [1.165, 1.54) is 11.1 Å². The smallest absolute Gasteiger partial charge is 0.211 e. The summed E-state index contributed by atoms with van der Waals surface area (Å²) in [5.74, 6) is 0. The molecule has 12 heteroatoms. The normalized spacial score (nSPS) is 23.2. The zero-order chi connectivity index (χ0) is 22.7. The van der Waals surface area contributed by atoms with Gasteiger partial charge < -0.3 is 9.47 Å². The number of nitrogens with zero attached hydrogens (tertiary/aromatic N) is 5. The van der Waals surface area contributed by atoms with Gasteiger partial charge >= 0.3 is 0 Å². The predicted octanol–water partition coefficient (Wildman–Crippen LogP) is 1.96. The molecule has 9 nitrogen and oxygen atoms in total. The number of thiophene rings is 1. The van der Waals surface area contributed by atoms with Gasteiger partial charge in [-0.05, 0) is 18.9 Å². The van der Waals surface area contributed by atoms with Gasteiger partial charge in [0.05, 0.1) is 35.9 Å². The zero-order valence-electron chi connectivity index (χ0n) is 18.4. The lowest BCUT2D eigenvalue weighted by Crippen LogP contribution is -2.53. The van der Waals surface area contributed by atoms with Gasteiger partial charge in [-0.1, -0.05) is 11.6 Å². The van der Waals surface area contributed by atoms with Gasteiger partial charge in [0.2, 0.25) is 10.0 Å². The molecule has 0 aliphatic carbocycles. The number of methoxy groups -OCH3 is 1. The van der Waals surface area contributed by atoms with E-state index in [2.05, 4.69) is 25.8 Å². The number of aromatic nitrogens is 2. The Morgan fingerprint density at radius 1 is 1.34 bits per heavy atom. The molecule has 2 aliphatic rings. The molecule has 0 N–H and O–H groups in total. The van der Waals surface area contributed by atoms with Gasteiger partial charge in [-0.2, -0.15) is 4.31 Å². The summed E-state index contributed by atoms with van der Waals surface area (Å²) in [6, 6.07) is 2.12. The van der Waals surface area contributed by atoms with Crippen molar-refractivity contribution in [2.24, 2.45) is 0 Å². The Morgan fingerprint density at radius 2 is 2.12 bits per heavy atom. The molecule has 4 rings (SSSR count). The largest absolute Gasteiger partial charge is 0.383 e. The topological polar surface area (TPSA) is 88.1 Å². The highest BCUT2D eigenvalue weighted by Crippen LogP contribution is 2.37. The molecule has 4 heterocycles. The molecule has 2 fully saturated rings. The van der Waals surface area contributed by atoms with E-state index in [0.717, 1.165) is 42.7 Å². The van der Waals surface area contributed by atoms with Crippen LogP contribution in [0, 0.1) is 0 Å². The van der Waals surface area contributed by atoms with Crippen molar-refractivity contribution in [3.8, 4) is 0 Å². The minimum absolute atomic E-state index is 0.0178. The maximum Gasteiger partial charge on any atom is 0.211 e. The number of fused-ring (bicyclic) bond motifs is 1. The van der Waals surface area contributed by atoms with Crippen molar-refractivity contribution in [1.29, 1.82) is 0 Å². The number of likely N-dealkylation sites (tertiary alicyclic amines) is 1. The Labute approximate surface area is 198 Å². The van der Waals surface area contributed by atoms with E-state index >= 15 is 0 Å². The summed E-state index contributed by atoms with van der Waals surface area (Å²) in [7, 11) is -1.70. The minimum atomic E-state index is -3.29. The Balaban J connectivity index is 1.54. The molecule has 32 heavy (non-hydrogen) atoms. The number of alkyl halides is 1. The molecule has 0 amide bonds. The van der Waals surface area contributed by atoms with Crippen LogP contribution >= 0.6 is 22.9 Å². The van der Waals surface area contributed by atoms with Gasteiger partial charge in [0.15, 0.2) is 0 Å². The maximum atomic E-state index is 12.4. The summed E-state index contributed by atoms with van der Waals surface area (Å²) in [5.41, 5.74) is 0.603. The number of hydrogen-bond donors (Lipinski definition) is 0. The van der Waals surface area contributed by atoms with E-state index in [-0.39, 0.29) is 17.8 Å². The zero-order valence-corrected chi connectivity index (χ0v) is 20.8. The lowest BCUT2D eigenvalue weighted by Gasteiger charge is -2.45. The standard InChI is InChI=1S/C20H30ClN5O4S2/c1-29-9-8-26(32(2,27)28)15-3-5-24(6-4-15)20(25-7-10-30-19(21)13-25)17-11-16-18(31-17)12-22-14-23-16/h11-12,14-15,19-20H,3-10,13H2,1-2H3. The van der Waals surface area contributed by atoms with Crippen molar-refractivity contribution in [3.63, 3.8) is 0 Å². The van der Waals surface area contributed by atoms with Gasteiger partial charge in [-0.15, -0.1) is 11.3 Å². The average Bonchev–Trinajstić information content (AvgIpc) is 3.18. The molecule has 0 radical (unpaired) electrons. The highest BCUT2D eigenvalue weighted by Gasteiger charge is 2.37. The van der Waals surface area contributed by atoms with Crippen LogP contribution in [-0.4, -0.2) is 103 Å². The SMILES string of the molecule is COCCN(C1CCN(C(c2cc3ncncc3s2)N2CCOC(Cl)C2)CC1)S(C)(=O)=O. The van der Waals surface area contributed by atoms with E-state index in [4.69, 9.17) is 21.1 Å². The van der Waals surface area contributed by atoms with Crippen LogP contribution in [0.2, 0.25) is 0 Å². The molecule has 2 aromatic rings. The monoisotopic (exact) mass is 503 g/mol. The van der Waals surface area contributed by atoms with Gasteiger partial charge in [-0.25, -0.2) is 18.4 Å². The number of halogens is 1. The van der Waals surface area contributed by atoms with Gasteiger partial charge in [0.1, 0.15) is 11.9 Å². The first-order chi connectivity index (χ1) is 15.4. The second kappa shape index (κ2) is 10.6. The number of sulfonamides is 1. The fourth-order valence-electron chi connectivity index (χ4n) is 4.59. The van der Waals surface area contributed by atoms with Crippen LogP contribution in [0.15, 0.2) is 18.6 Å². The van der Waals surface area contributed by atoms with Crippen molar-refractivity contribution >= 4 is 43.2 Å². The first kappa shape index (κ1) is 24.2. The summed E-state index contributed by atoms with van der Waals surface area (Å²) >= 11 is 8.04. The molecule has 178 valence electrons. The molecule has 0 spiro atoms. The summed E-state index contributed by atoms with van der Waals surface area (Å²) < 4.78 is 38.1. The Morgan fingerprint density at radius 3 is 2.78 bits per heavy atom. The fourth-order valence-corrected chi connectivity index (χ4v) is 7.17. The van der Waals surface area contributed by atoms with Crippen molar-refractivity contribution < 1.29 is 17.9 Å². The number of rotatable bonds is 8.